The highest BCUT2D eigenvalue weighted by Gasteiger charge is 2.05. The van der Waals surface area contributed by atoms with E-state index in [4.69, 9.17) is 5.11 Å². The smallest absolute Gasteiger partial charge is 0.343 e. The van der Waals surface area contributed by atoms with Crippen molar-refractivity contribution in [3.63, 3.8) is 0 Å². The van der Waals surface area contributed by atoms with E-state index in [1.54, 1.807) is 16.3 Å². The number of thioether (sulfide) groups is 1. The van der Waals surface area contributed by atoms with E-state index in [0.717, 1.165) is 30.2 Å². The molecule has 0 radical (unpaired) electrons. The van der Waals surface area contributed by atoms with E-state index in [2.05, 4.69) is 10.2 Å². The summed E-state index contributed by atoms with van der Waals surface area (Å²) < 4.78 is 1.62. The van der Waals surface area contributed by atoms with Crippen molar-refractivity contribution in [2.45, 2.75) is 37.9 Å². The van der Waals surface area contributed by atoms with Gasteiger partial charge in [-0.15, -0.1) is 5.10 Å². The van der Waals surface area contributed by atoms with Gasteiger partial charge in [0.15, 0.2) is 5.16 Å². The van der Waals surface area contributed by atoms with Gasteiger partial charge in [-0.1, -0.05) is 18.2 Å². The molecule has 1 heterocycles. The molecule has 0 aromatic carbocycles. The normalized spacial score (nSPS) is 10.8. The number of hydrogen-bond donors (Lipinski definition) is 2. The molecule has 0 aliphatic rings. The zero-order valence-corrected chi connectivity index (χ0v) is 9.72. The summed E-state index contributed by atoms with van der Waals surface area (Å²) in [4.78, 5) is 11.2. The van der Waals surface area contributed by atoms with E-state index in [1.165, 1.54) is 0 Å². The van der Waals surface area contributed by atoms with Gasteiger partial charge in [0.05, 0.1) is 0 Å². The molecule has 1 aromatic heterocycles. The molecule has 6 heteroatoms. The topological polar surface area (TPSA) is 70.9 Å². The average molecular weight is 231 g/mol. The van der Waals surface area contributed by atoms with Crippen LogP contribution in [0.15, 0.2) is 9.95 Å². The van der Waals surface area contributed by atoms with Gasteiger partial charge in [0.1, 0.15) is 0 Å². The highest BCUT2D eigenvalue weighted by Crippen LogP contribution is 2.15. The van der Waals surface area contributed by atoms with Crippen molar-refractivity contribution in [2.75, 3.05) is 12.4 Å². The molecular weight excluding hydrogens is 214 g/mol. The third-order valence-electron chi connectivity index (χ3n) is 2.07. The third kappa shape index (κ3) is 3.71. The Morgan fingerprint density at radius 2 is 2.27 bits per heavy atom. The lowest BCUT2D eigenvalue weighted by molar-refractivity contribution is 0.284. The zero-order valence-electron chi connectivity index (χ0n) is 8.90. The van der Waals surface area contributed by atoms with Crippen LogP contribution >= 0.6 is 11.8 Å². The van der Waals surface area contributed by atoms with Crippen LogP contribution in [0.1, 0.15) is 26.2 Å². The molecule has 15 heavy (non-hydrogen) atoms. The molecule has 0 saturated heterocycles. The number of nitrogens with zero attached hydrogens (tertiary/aromatic N) is 2. The molecule has 2 N–H and O–H groups in total. The summed E-state index contributed by atoms with van der Waals surface area (Å²) in [6.07, 6.45) is 2.90. The minimum atomic E-state index is -0.143. The van der Waals surface area contributed by atoms with E-state index in [1.807, 2.05) is 6.92 Å². The van der Waals surface area contributed by atoms with Gasteiger partial charge in [0, 0.05) is 18.9 Å². The lowest BCUT2D eigenvalue weighted by Gasteiger charge is -2.01. The maximum Gasteiger partial charge on any atom is 0.343 e. The van der Waals surface area contributed by atoms with Crippen LogP contribution in [0, 0.1) is 0 Å². The first-order chi connectivity index (χ1) is 7.29. The summed E-state index contributed by atoms with van der Waals surface area (Å²) in [5, 5.41) is 15.7. The average Bonchev–Trinajstić information content (AvgIpc) is 2.59. The van der Waals surface area contributed by atoms with Crippen molar-refractivity contribution in [1.29, 1.82) is 0 Å². The molecule has 1 rings (SSSR count). The van der Waals surface area contributed by atoms with Crippen molar-refractivity contribution in [2.24, 2.45) is 0 Å². The number of H-pyrrole nitrogens is 1. The summed E-state index contributed by atoms with van der Waals surface area (Å²) >= 11 is 1.58. The fourth-order valence-electron chi connectivity index (χ4n) is 1.25. The molecule has 0 spiro atoms. The molecule has 0 fully saturated rings. The molecular formula is C9H17N3O2S. The molecule has 0 unspecified atom stereocenters. The SMILES string of the molecule is CCn1c(SCCCCCO)n[nH]c1=O. The molecule has 0 aliphatic heterocycles. The maximum absolute atomic E-state index is 11.2. The van der Waals surface area contributed by atoms with Gasteiger partial charge < -0.3 is 5.11 Å². The van der Waals surface area contributed by atoms with E-state index < -0.39 is 0 Å². The van der Waals surface area contributed by atoms with Gasteiger partial charge in [-0.25, -0.2) is 9.89 Å². The Balaban J connectivity index is 2.34. The maximum atomic E-state index is 11.2. The number of aliphatic hydroxyl groups is 1. The lowest BCUT2D eigenvalue weighted by Crippen LogP contribution is -2.16. The highest BCUT2D eigenvalue weighted by molar-refractivity contribution is 7.99. The fraction of sp³-hybridized carbons (Fsp3) is 0.778. The monoisotopic (exact) mass is 231 g/mol. The Bertz CT molecular complexity index is 334. The zero-order chi connectivity index (χ0) is 11.1. The van der Waals surface area contributed by atoms with Gasteiger partial charge in [-0.05, 0) is 19.8 Å². The molecule has 0 atom stereocenters. The van der Waals surface area contributed by atoms with E-state index in [9.17, 15) is 4.79 Å². The molecule has 0 bridgehead atoms. The fourth-order valence-corrected chi connectivity index (χ4v) is 2.26. The number of aromatic amines is 1. The first-order valence-corrected chi connectivity index (χ1v) is 6.17. The second-order valence-electron chi connectivity index (χ2n) is 3.19. The van der Waals surface area contributed by atoms with Crippen molar-refractivity contribution < 1.29 is 5.11 Å². The van der Waals surface area contributed by atoms with Crippen LogP contribution in [-0.2, 0) is 6.54 Å². The van der Waals surface area contributed by atoms with Gasteiger partial charge in [0.2, 0.25) is 0 Å². The van der Waals surface area contributed by atoms with E-state index >= 15 is 0 Å². The van der Waals surface area contributed by atoms with Crippen molar-refractivity contribution in [3.8, 4) is 0 Å². The van der Waals surface area contributed by atoms with Gasteiger partial charge in [-0.3, -0.25) is 4.57 Å². The first-order valence-electron chi connectivity index (χ1n) is 5.18. The first kappa shape index (κ1) is 12.3. The summed E-state index contributed by atoms with van der Waals surface area (Å²) in [7, 11) is 0. The van der Waals surface area contributed by atoms with Crippen molar-refractivity contribution in [1.82, 2.24) is 14.8 Å². The molecule has 0 saturated carbocycles. The van der Waals surface area contributed by atoms with Crippen molar-refractivity contribution >= 4 is 11.8 Å². The predicted octanol–water partition coefficient (Wildman–Crippen LogP) is 0.846. The molecule has 0 aliphatic carbocycles. The van der Waals surface area contributed by atoms with Crippen LogP contribution in [0.3, 0.4) is 0 Å². The lowest BCUT2D eigenvalue weighted by atomic mass is 10.3. The van der Waals surface area contributed by atoms with Crippen LogP contribution in [0.2, 0.25) is 0 Å². The minimum absolute atomic E-state index is 0.143. The number of rotatable bonds is 7. The third-order valence-corrected chi connectivity index (χ3v) is 3.14. The van der Waals surface area contributed by atoms with Gasteiger partial charge in [0.25, 0.3) is 0 Å². The van der Waals surface area contributed by atoms with E-state index in [0.29, 0.717) is 6.54 Å². The second-order valence-corrected chi connectivity index (χ2v) is 4.25. The molecule has 0 amide bonds. The Labute approximate surface area is 92.9 Å². The van der Waals surface area contributed by atoms with Crippen molar-refractivity contribution in [3.05, 3.63) is 10.5 Å². The van der Waals surface area contributed by atoms with Crippen LogP contribution in [0.25, 0.3) is 0 Å². The molecule has 86 valence electrons. The Morgan fingerprint density at radius 3 is 2.93 bits per heavy atom. The second kappa shape index (κ2) is 6.68. The molecule has 5 nitrogen and oxygen atoms in total. The number of aromatic nitrogens is 3. The standard InChI is InChI=1S/C9H17N3O2S/c1-2-12-8(14)10-11-9(12)15-7-5-3-4-6-13/h13H,2-7H2,1H3,(H,10,14). The summed E-state index contributed by atoms with van der Waals surface area (Å²) in [5.41, 5.74) is -0.143. The number of nitrogens with one attached hydrogen (secondary N) is 1. The van der Waals surface area contributed by atoms with Gasteiger partial charge >= 0.3 is 5.69 Å². The van der Waals surface area contributed by atoms with E-state index in [-0.39, 0.29) is 12.3 Å². The Kier molecular flexibility index (Phi) is 5.49. The molecule has 1 aromatic rings. The van der Waals surface area contributed by atoms with Crippen LogP contribution in [-0.4, -0.2) is 32.2 Å². The number of hydrogen-bond acceptors (Lipinski definition) is 4. The largest absolute Gasteiger partial charge is 0.396 e. The number of unbranched alkanes of at least 4 members (excludes halogenated alkanes) is 2. The summed E-state index contributed by atoms with van der Waals surface area (Å²) in [6.45, 7) is 2.83. The Morgan fingerprint density at radius 1 is 1.47 bits per heavy atom. The number of aliphatic hydroxyl groups excluding tert-OH is 1. The van der Waals surface area contributed by atoms with Crippen LogP contribution in [0.5, 0.6) is 0 Å². The highest BCUT2D eigenvalue weighted by atomic mass is 32.2. The van der Waals surface area contributed by atoms with Gasteiger partial charge in [-0.2, -0.15) is 0 Å². The minimum Gasteiger partial charge on any atom is -0.396 e. The predicted molar refractivity (Wildman–Crippen MR) is 60.2 cm³/mol. The summed E-state index contributed by atoms with van der Waals surface area (Å²) in [5.74, 6) is 0.935. The van der Waals surface area contributed by atoms with Crippen LogP contribution in [0.4, 0.5) is 0 Å². The summed E-state index contributed by atoms with van der Waals surface area (Å²) in [6, 6.07) is 0. The van der Waals surface area contributed by atoms with Crippen LogP contribution < -0.4 is 5.69 Å². The Hall–Kier alpha value is -0.750. The quantitative estimate of drug-likeness (QED) is 0.539.